The standard InChI is InChI=1S/C15H14N4OS2/c16-7-11-10-2-1-3-12(10)22-14(11)18-13(20)6-9-8-21-15-17-4-5-19(9)15/h8H,1-6H2,(H,18,20). The number of aryl methyl sites for hydroxylation is 1. The molecule has 1 aromatic rings. The monoisotopic (exact) mass is 330 g/mol. The molecule has 112 valence electrons. The Kier molecular flexibility index (Phi) is 3.43. The number of aliphatic imine (C=N–C) groups is 1. The molecular weight excluding hydrogens is 316 g/mol. The fourth-order valence-electron chi connectivity index (χ4n) is 3.06. The number of nitrogens with one attached hydrogen (secondary N) is 1. The van der Waals surface area contributed by atoms with Crippen molar-refractivity contribution in [1.29, 1.82) is 5.26 Å². The number of carbonyl (C=O) groups excluding carboxylic acids is 1. The second-order valence-electron chi connectivity index (χ2n) is 5.44. The highest BCUT2D eigenvalue weighted by Crippen LogP contribution is 2.39. The molecule has 0 saturated carbocycles. The van der Waals surface area contributed by atoms with E-state index in [0.717, 1.165) is 53.8 Å². The van der Waals surface area contributed by atoms with Crippen LogP contribution >= 0.6 is 23.1 Å². The summed E-state index contributed by atoms with van der Waals surface area (Å²) >= 11 is 3.14. The van der Waals surface area contributed by atoms with Crippen molar-refractivity contribution >= 4 is 39.2 Å². The zero-order valence-electron chi connectivity index (χ0n) is 11.9. The number of anilines is 1. The number of rotatable bonds is 3. The van der Waals surface area contributed by atoms with E-state index >= 15 is 0 Å². The molecule has 0 unspecified atom stereocenters. The molecule has 7 heteroatoms. The molecule has 5 nitrogen and oxygen atoms in total. The van der Waals surface area contributed by atoms with Crippen LogP contribution in [-0.2, 0) is 17.6 Å². The Morgan fingerprint density at radius 3 is 3.27 bits per heavy atom. The van der Waals surface area contributed by atoms with Crippen LogP contribution in [0.2, 0.25) is 0 Å². The van der Waals surface area contributed by atoms with E-state index in [0.29, 0.717) is 12.0 Å². The molecule has 0 saturated heterocycles. The van der Waals surface area contributed by atoms with Crippen molar-refractivity contribution in [2.75, 3.05) is 18.4 Å². The van der Waals surface area contributed by atoms with Crippen LogP contribution in [0.15, 0.2) is 16.1 Å². The lowest BCUT2D eigenvalue weighted by molar-refractivity contribution is -0.115. The van der Waals surface area contributed by atoms with Gasteiger partial charge in [-0.25, -0.2) is 0 Å². The molecular formula is C15H14N4OS2. The molecule has 0 bridgehead atoms. The highest BCUT2D eigenvalue weighted by atomic mass is 32.2. The highest BCUT2D eigenvalue weighted by molar-refractivity contribution is 8.16. The lowest BCUT2D eigenvalue weighted by atomic mass is 10.1. The van der Waals surface area contributed by atoms with Gasteiger partial charge >= 0.3 is 0 Å². The first-order chi connectivity index (χ1) is 10.8. The largest absolute Gasteiger partial charge is 0.322 e. The Bertz CT molecular complexity index is 756. The summed E-state index contributed by atoms with van der Waals surface area (Å²) in [5.41, 5.74) is 2.82. The molecule has 22 heavy (non-hydrogen) atoms. The molecule has 1 amide bonds. The zero-order chi connectivity index (χ0) is 15.1. The second-order valence-corrected chi connectivity index (χ2v) is 7.38. The van der Waals surface area contributed by atoms with Gasteiger partial charge in [-0.1, -0.05) is 11.8 Å². The van der Waals surface area contributed by atoms with Gasteiger partial charge in [0.1, 0.15) is 11.1 Å². The third-order valence-electron chi connectivity index (χ3n) is 4.08. The predicted octanol–water partition coefficient (Wildman–Crippen LogP) is 2.70. The summed E-state index contributed by atoms with van der Waals surface area (Å²) in [5.74, 6) is -0.0589. The quantitative estimate of drug-likeness (QED) is 0.925. The van der Waals surface area contributed by atoms with E-state index in [1.165, 1.54) is 4.88 Å². The Balaban J connectivity index is 1.47. The Morgan fingerprint density at radius 2 is 2.41 bits per heavy atom. The van der Waals surface area contributed by atoms with E-state index in [4.69, 9.17) is 0 Å². The van der Waals surface area contributed by atoms with Gasteiger partial charge in [0.05, 0.1) is 18.5 Å². The molecule has 1 aromatic heterocycles. The van der Waals surface area contributed by atoms with Crippen LogP contribution in [-0.4, -0.2) is 29.1 Å². The molecule has 0 fully saturated rings. The maximum absolute atomic E-state index is 12.3. The van der Waals surface area contributed by atoms with E-state index in [1.807, 2.05) is 5.41 Å². The number of carbonyl (C=O) groups is 1. The average Bonchev–Trinajstić information content (AvgIpc) is 3.20. The van der Waals surface area contributed by atoms with Crippen molar-refractivity contribution in [3.8, 4) is 6.07 Å². The maximum Gasteiger partial charge on any atom is 0.230 e. The number of amides is 1. The van der Waals surface area contributed by atoms with Crippen LogP contribution in [0.4, 0.5) is 5.00 Å². The summed E-state index contributed by atoms with van der Waals surface area (Å²) in [6.07, 6.45) is 3.44. The van der Waals surface area contributed by atoms with Gasteiger partial charge in [-0.3, -0.25) is 9.79 Å². The van der Waals surface area contributed by atoms with Crippen molar-refractivity contribution in [2.24, 2.45) is 4.99 Å². The molecule has 1 aliphatic carbocycles. The van der Waals surface area contributed by atoms with E-state index in [2.05, 4.69) is 21.3 Å². The topological polar surface area (TPSA) is 68.5 Å². The fourth-order valence-corrected chi connectivity index (χ4v) is 5.27. The van der Waals surface area contributed by atoms with Crippen LogP contribution in [0.25, 0.3) is 0 Å². The molecule has 1 N–H and O–H groups in total. The summed E-state index contributed by atoms with van der Waals surface area (Å²) in [6.45, 7) is 1.66. The van der Waals surface area contributed by atoms with Gasteiger partial charge in [-0.05, 0) is 30.2 Å². The number of amidine groups is 1. The van der Waals surface area contributed by atoms with Crippen LogP contribution in [0.3, 0.4) is 0 Å². The average molecular weight is 330 g/mol. The first-order valence-corrected chi connectivity index (χ1v) is 8.98. The molecule has 3 aliphatic rings. The van der Waals surface area contributed by atoms with Gasteiger partial charge in [-0.2, -0.15) is 5.26 Å². The fraction of sp³-hybridized carbons (Fsp3) is 0.400. The van der Waals surface area contributed by atoms with Gasteiger partial charge in [0.15, 0.2) is 5.17 Å². The second kappa shape index (κ2) is 5.45. The van der Waals surface area contributed by atoms with E-state index in [-0.39, 0.29) is 5.91 Å². The summed E-state index contributed by atoms with van der Waals surface area (Å²) in [4.78, 5) is 20.1. The number of thiophene rings is 1. The number of hydrogen-bond acceptors (Lipinski definition) is 6. The van der Waals surface area contributed by atoms with E-state index in [9.17, 15) is 10.1 Å². The van der Waals surface area contributed by atoms with Gasteiger partial charge in [0.25, 0.3) is 0 Å². The lowest BCUT2D eigenvalue weighted by Gasteiger charge is -2.15. The SMILES string of the molecule is N#Cc1c(NC(=O)CC2=CSC3=NCCN23)sc2c1CCC2. The van der Waals surface area contributed by atoms with E-state index in [1.54, 1.807) is 23.1 Å². The van der Waals surface area contributed by atoms with Crippen molar-refractivity contribution in [1.82, 2.24) is 4.90 Å². The predicted molar refractivity (Wildman–Crippen MR) is 89.0 cm³/mol. The maximum atomic E-state index is 12.3. The summed E-state index contributed by atoms with van der Waals surface area (Å²) in [5, 5.41) is 16.0. The molecule has 3 heterocycles. The van der Waals surface area contributed by atoms with Crippen LogP contribution in [0, 0.1) is 11.3 Å². The minimum Gasteiger partial charge on any atom is -0.322 e. The first-order valence-electron chi connectivity index (χ1n) is 7.28. The number of hydrogen-bond donors (Lipinski definition) is 1. The molecule has 0 atom stereocenters. The number of nitriles is 1. The van der Waals surface area contributed by atoms with Crippen molar-refractivity contribution in [3.63, 3.8) is 0 Å². The van der Waals surface area contributed by atoms with Gasteiger partial charge in [-0.15, -0.1) is 11.3 Å². The third-order valence-corrected chi connectivity index (χ3v) is 6.23. The molecule has 0 radical (unpaired) electrons. The minimum atomic E-state index is -0.0589. The van der Waals surface area contributed by atoms with Gasteiger partial charge < -0.3 is 10.2 Å². The van der Waals surface area contributed by atoms with Crippen molar-refractivity contribution in [3.05, 3.63) is 27.1 Å². The summed E-state index contributed by atoms with van der Waals surface area (Å²) < 4.78 is 0. The number of thioether (sulfide) groups is 1. The van der Waals surface area contributed by atoms with Crippen molar-refractivity contribution < 1.29 is 4.79 Å². The van der Waals surface area contributed by atoms with Gasteiger partial charge in [0.2, 0.25) is 5.91 Å². The highest BCUT2D eigenvalue weighted by Gasteiger charge is 2.28. The van der Waals surface area contributed by atoms with Crippen LogP contribution in [0.5, 0.6) is 0 Å². The Morgan fingerprint density at radius 1 is 1.50 bits per heavy atom. The van der Waals surface area contributed by atoms with E-state index < -0.39 is 0 Å². The van der Waals surface area contributed by atoms with Gasteiger partial charge in [0, 0.05) is 17.1 Å². The van der Waals surface area contributed by atoms with Crippen LogP contribution in [0.1, 0.15) is 28.8 Å². The van der Waals surface area contributed by atoms with Crippen molar-refractivity contribution in [2.45, 2.75) is 25.7 Å². The smallest absolute Gasteiger partial charge is 0.230 e. The molecule has 4 rings (SSSR count). The van der Waals surface area contributed by atoms with Crippen LogP contribution < -0.4 is 5.32 Å². The zero-order valence-corrected chi connectivity index (χ0v) is 13.5. The summed E-state index contributed by atoms with van der Waals surface area (Å²) in [6, 6.07) is 2.26. The number of nitrogens with zero attached hydrogens (tertiary/aromatic N) is 3. The number of fused-ring (bicyclic) bond motifs is 2. The molecule has 0 aromatic carbocycles. The Labute approximate surface area is 136 Å². The molecule has 0 spiro atoms. The first kappa shape index (κ1) is 13.9. The minimum absolute atomic E-state index is 0.0589. The normalized spacial score (nSPS) is 18.6. The lowest BCUT2D eigenvalue weighted by Crippen LogP contribution is -2.24. The molecule has 2 aliphatic heterocycles. The summed E-state index contributed by atoms with van der Waals surface area (Å²) in [7, 11) is 0. The Hall–Kier alpha value is -1.78. The third kappa shape index (κ3) is 2.23.